The van der Waals surface area contributed by atoms with Gasteiger partial charge in [-0.2, -0.15) is 0 Å². The van der Waals surface area contributed by atoms with Gasteiger partial charge in [0.05, 0.1) is 22.8 Å². The molecule has 1 aliphatic rings. The third kappa shape index (κ3) is 4.65. The lowest BCUT2D eigenvalue weighted by atomic mass is 10.1. The standard InChI is InChI=1S/C32H32N8/c1-23-13-15-39-27(29(35-31(39)33-23)25-9-5-3-6-10-25)21-37-17-19-38(20-18-37)22-28-30(26-11-7-4-8-12-26)36-32-34-24(2)14-16-40(28)32/h3-16H,17-22H2,1-2H3. The average molecular weight is 529 g/mol. The predicted molar refractivity (Wildman–Crippen MR) is 157 cm³/mol. The van der Waals surface area contributed by atoms with Gasteiger partial charge in [0.1, 0.15) is 0 Å². The van der Waals surface area contributed by atoms with Crippen molar-refractivity contribution in [3.05, 3.63) is 108 Å². The highest BCUT2D eigenvalue weighted by atomic mass is 15.3. The first-order valence-electron chi connectivity index (χ1n) is 13.9. The van der Waals surface area contributed by atoms with Crippen LogP contribution in [0.3, 0.4) is 0 Å². The molecule has 0 amide bonds. The second kappa shape index (κ2) is 10.3. The van der Waals surface area contributed by atoms with Gasteiger partial charge in [-0.15, -0.1) is 0 Å². The second-order valence-electron chi connectivity index (χ2n) is 10.6. The molecule has 5 heterocycles. The fourth-order valence-corrected chi connectivity index (χ4v) is 5.62. The molecule has 1 fully saturated rings. The van der Waals surface area contributed by atoms with Crippen LogP contribution in [0.15, 0.2) is 85.2 Å². The Kier molecular flexibility index (Phi) is 6.34. The Labute approximate surface area is 233 Å². The number of hydrogen-bond acceptors (Lipinski definition) is 6. The minimum absolute atomic E-state index is 0.761. The highest BCUT2D eigenvalue weighted by Crippen LogP contribution is 2.28. The van der Waals surface area contributed by atoms with Crippen LogP contribution < -0.4 is 0 Å². The number of aryl methyl sites for hydroxylation is 2. The molecule has 8 heteroatoms. The van der Waals surface area contributed by atoms with Crippen LogP contribution in [0.4, 0.5) is 0 Å². The first-order valence-corrected chi connectivity index (χ1v) is 13.9. The van der Waals surface area contributed by atoms with Gasteiger partial charge in [-0.3, -0.25) is 18.6 Å². The molecule has 200 valence electrons. The van der Waals surface area contributed by atoms with Crippen molar-refractivity contribution in [1.29, 1.82) is 0 Å². The van der Waals surface area contributed by atoms with Crippen molar-refractivity contribution in [3.63, 3.8) is 0 Å². The Bertz CT molecular complexity index is 1650. The number of aromatic nitrogens is 6. The van der Waals surface area contributed by atoms with Gasteiger partial charge in [0, 0.05) is 74.2 Å². The summed E-state index contributed by atoms with van der Waals surface area (Å²) in [5.74, 6) is 1.52. The van der Waals surface area contributed by atoms with Crippen LogP contribution in [0, 0.1) is 13.8 Å². The lowest BCUT2D eigenvalue weighted by molar-refractivity contribution is 0.120. The van der Waals surface area contributed by atoms with E-state index in [1.165, 1.54) is 11.4 Å². The Hall–Kier alpha value is -4.40. The van der Waals surface area contributed by atoms with Gasteiger partial charge in [0.15, 0.2) is 0 Å². The summed E-state index contributed by atoms with van der Waals surface area (Å²) in [6, 6.07) is 25.0. The molecule has 1 aliphatic heterocycles. The summed E-state index contributed by atoms with van der Waals surface area (Å²) < 4.78 is 4.31. The zero-order valence-corrected chi connectivity index (χ0v) is 22.9. The van der Waals surface area contributed by atoms with Crippen LogP contribution in [-0.4, -0.2) is 64.7 Å². The highest BCUT2D eigenvalue weighted by molar-refractivity contribution is 5.66. The van der Waals surface area contributed by atoms with Crippen molar-refractivity contribution < 1.29 is 0 Å². The third-order valence-corrected chi connectivity index (χ3v) is 7.77. The van der Waals surface area contributed by atoms with Crippen molar-refractivity contribution in [1.82, 2.24) is 38.5 Å². The maximum Gasteiger partial charge on any atom is 0.234 e. The van der Waals surface area contributed by atoms with Crippen molar-refractivity contribution in [2.45, 2.75) is 26.9 Å². The zero-order chi connectivity index (χ0) is 27.1. The summed E-state index contributed by atoms with van der Waals surface area (Å²) in [4.78, 5) is 24.4. The molecule has 0 spiro atoms. The van der Waals surface area contributed by atoms with Crippen LogP contribution in [0.25, 0.3) is 34.1 Å². The fourth-order valence-electron chi connectivity index (χ4n) is 5.62. The summed E-state index contributed by atoms with van der Waals surface area (Å²) in [7, 11) is 0. The molecule has 0 unspecified atom stereocenters. The number of hydrogen-bond donors (Lipinski definition) is 0. The highest BCUT2D eigenvalue weighted by Gasteiger charge is 2.24. The van der Waals surface area contributed by atoms with E-state index in [2.05, 4.69) is 91.7 Å². The van der Waals surface area contributed by atoms with E-state index in [4.69, 9.17) is 19.9 Å². The Morgan fingerprint density at radius 2 is 0.925 bits per heavy atom. The summed E-state index contributed by atoms with van der Waals surface area (Å²) in [5, 5.41) is 0. The minimum atomic E-state index is 0.761. The molecule has 4 aromatic heterocycles. The number of piperazine rings is 1. The molecule has 0 radical (unpaired) electrons. The van der Waals surface area contributed by atoms with Gasteiger partial charge in [-0.05, 0) is 26.0 Å². The smallest absolute Gasteiger partial charge is 0.234 e. The third-order valence-electron chi connectivity index (χ3n) is 7.77. The quantitative estimate of drug-likeness (QED) is 0.302. The van der Waals surface area contributed by atoms with Gasteiger partial charge in [0.2, 0.25) is 11.6 Å². The normalized spacial score (nSPS) is 14.8. The molecular weight excluding hydrogens is 496 g/mol. The van der Waals surface area contributed by atoms with Crippen LogP contribution in [-0.2, 0) is 13.1 Å². The number of benzene rings is 2. The molecule has 8 nitrogen and oxygen atoms in total. The maximum atomic E-state index is 4.95. The van der Waals surface area contributed by atoms with Crippen molar-refractivity contribution in [3.8, 4) is 22.5 Å². The molecule has 0 N–H and O–H groups in total. The van der Waals surface area contributed by atoms with Gasteiger partial charge in [-0.25, -0.2) is 19.9 Å². The second-order valence-corrected chi connectivity index (χ2v) is 10.6. The van der Waals surface area contributed by atoms with Gasteiger partial charge >= 0.3 is 0 Å². The van der Waals surface area contributed by atoms with E-state index in [1.807, 2.05) is 26.0 Å². The summed E-state index contributed by atoms with van der Waals surface area (Å²) >= 11 is 0. The Balaban J connectivity index is 1.13. The van der Waals surface area contributed by atoms with E-state index in [0.29, 0.717) is 0 Å². The number of imidazole rings is 2. The molecule has 2 aromatic carbocycles. The van der Waals surface area contributed by atoms with Gasteiger partial charge in [-0.1, -0.05) is 60.7 Å². The molecule has 0 saturated carbocycles. The summed E-state index contributed by atoms with van der Waals surface area (Å²) in [5.41, 5.74) is 8.63. The molecule has 6 aromatic rings. The van der Waals surface area contributed by atoms with Crippen LogP contribution in [0.5, 0.6) is 0 Å². The molecular formula is C32H32N8. The summed E-state index contributed by atoms with van der Waals surface area (Å²) in [6.07, 6.45) is 4.21. The predicted octanol–water partition coefficient (Wildman–Crippen LogP) is 5.04. The number of fused-ring (bicyclic) bond motifs is 2. The minimum Gasteiger partial charge on any atom is -0.295 e. The fraction of sp³-hybridized carbons (Fsp3) is 0.250. The average Bonchev–Trinajstić information content (AvgIpc) is 3.52. The first-order chi connectivity index (χ1) is 19.6. The molecule has 7 rings (SSSR count). The topological polar surface area (TPSA) is 66.9 Å². The van der Waals surface area contributed by atoms with Crippen LogP contribution >= 0.6 is 0 Å². The molecule has 0 atom stereocenters. The maximum absolute atomic E-state index is 4.95. The Morgan fingerprint density at radius 1 is 0.525 bits per heavy atom. The molecule has 0 bridgehead atoms. The largest absolute Gasteiger partial charge is 0.295 e. The molecule has 40 heavy (non-hydrogen) atoms. The van der Waals surface area contributed by atoms with E-state index >= 15 is 0 Å². The van der Waals surface area contributed by atoms with E-state index < -0.39 is 0 Å². The van der Waals surface area contributed by atoms with E-state index in [9.17, 15) is 0 Å². The van der Waals surface area contributed by atoms with E-state index in [-0.39, 0.29) is 0 Å². The number of nitrogens with zero attached hydrogens (tertiary/aromatic N) is 8. The lowest BCUT2D eigenvalue weighted by Crippen LogP contribution is -2.45. The van der Waals surface area contributed by atoms with Gasteiger partial charge < -0.3 is 0 Å². The molecule has 0 aliphatic carbocycles. The zero-order valence-electron chi connectivity index (χ0n) is 22.9. The Morgan fingerprint density at radius 3 is 1.32 bits per heavy atom. The van der Waals surface area contributed by atoms with E-state index in [0.717, 1.165) is 84.7 Å². The van der Waals surface area contributed by atoms with E-state index in [1.54, 1.807) is 0 Å². The van der Waals surface area contributed by atoms with Crippen molar-refractivity contribution in [2.24, 2.45) is 0 Å². The lowest BCUT2D eigenvalue weighted by Gasteiger charge is -2.34. The van der Waals surface area contributed by atoms with Crippen molar-refractivity contribution >= 4 is 11.6 Å². The molecule has 1 saturated heterocycles. The number of rotatable bonds is 6. The van der Waals surface area contributed by atoms with Crippen LogP contribution in [0.2, 0.25) is 0 Å². The summed E-state index contributed by atoms with van der Waals surface area (Å²) in [6.45, 7) is 9.62. The van der Waals surface area contributed by atoms with Gasteiger partial charge in [0.25, 0.3) is 0 Å². The first kappa shape index (κ1) is 24.6. The SMILES string of the molecule is Cc1ccn2c(CN3CCN(Cc4c(-c5ccccc5)nc5nc(C)ccn45)CC3)c(-c3ccccc3)nc2n1. The van der Waals surface area contributed by atoms with Crippen molar-refractivity contribution in [2.75, 3.05) is 26.2 Å². The van der Waals surface area contributed by atoms with Crippen LogP contribution in [0.1, 0.15) is 22.8 Å². The monoisotopic (exact) mass is 528 g/mol.